The molecule has 116 valence electrons. The van der Waals surface area contributed by atoms with Crippen molar-refractivity contribution in [1.82, 2.24) is 14.9 Å². The lowest BCUT2D eigenvalue weighted by Crippen LogP contribution is -2.43. The first kappa shape index (κ1) is 16.0. The lowest BCUT2D eigenvalue weighted by molar-refractivity contribution is 0.0165. The Balaban J connectivity index is 1.93. The molecule has 1 aromatic heterocycles. The molecule has 0 N–H and O–H groups in total. The van der Waals surface area contributed by atoms with Crippen molar-refractivity contribution >= 4 is 17.7 Å². The van der Waals surface area contributed by atoms with Crippen LogP contribution in [0.2, 0.25) is 5.28 Å². The number of ether oxygens (including phenoxy) is 1. The molecule has 2 heterocycles. The van der Waals surface area contributed by atoms with Crippen molar-refractivity contribution in [2.24, 2.45) is 5.92 Å². The Morgan fingerprint density at radius 3 is 2.95 bits per heavy atom. The summed E-state index contributed by atoms with van der Waals surface area (Å²) in [5, 5.41) is 0.271. The molecule has 0 spiro atoms. The molecular formula is C15H22ClN3O2. The minimum atomic E-state index is -0.454. The van der Waals surface area contributed by atoms with Crippen molar-refractivity contribution < 1.29 is 9.53 Å². The van der Waals surface area contributed by atoms with Crippen molar-refractivity contribution in [3.8, 4) is 0 Å². The predicted molar refractivity (Wildman–Crippen MR) is 81.3 cm³/mol. The average Bonchev–Trinajstić information content (AvgIpc) is 2.37. The molecule has 5 nitrogen and oxygen atoms in total. The van der Waals surface area contributed by atoms with Crippen molar-refractivity contribution in [2.75, 3.05) is 13.1 Å². The Morgan fingerprint density at radius 1 is 1.52 bits per heavy atom. The molecule has 0 unspecified atom stereocenters. The first-order valence-corrected chi connectivity index (χ1v) is 7.66. The molecule has 0 bridgehead atoms. The zero-order valence-corrected chi connectivity index (χ0v) is 13.6. The van der Waals surface area contributed by atoms with Crippen LogP contribution in [-0.4, -0.2) is 39.7 Å². The summed E-state index contributed by atoms with van der Waals surface area (Å²) in [4.78, 5) is 22.0. The van der Waals surface area contributed by atoms with E-state index in [1.807, 2.05) is 26.8 Å². The second-order valence-electron chi connectivity index (χ2n) is 6.46. The van der Waals surface area contributed by atoms with Gasteiger partial charge in [0.2, 0.25) is 5.28 Å². The molecule has 0 saturated carbocycles. The minimum Gasteiger partial charge on any atom is -0.444 e. The summed E-state index contributed by atoms with van der Waals surface area (Å²) in [5.41, 5.74) is 0.468. The van der Waals surface area contributed by atoms with Gasteiger partial charge in [0.15, 0.2) is 0 Å². The zero-order chi connectivity index (χ0) is 15.5. The van der Waals surface area contributed by atoms with Gasteiger partial charge in [-0.05, 0) is 63.6 Å². The molecule has 1 aromatic rings. The fraction of sp³-hybridized carbons (Fsp3) is 0.667. The smallest absolute Gasteiger partial charge is 0.410 e. The summed E-state index contributed by atoms with van der Waals surface area (Å²) in [6.07, 6.45) is 4.32. The van der Waals surface area contributed by atoms with Crippen LogP contribution in [0.4, 0.5) is 4.79 Å². The van der Waals surface area contributed by atoms with Gasteiger partial charge >= 0.3 is 6.09 Å². The highest BCUT2D eigenvalue weighted by Crippen LogP contribution is 2.22. The second-order valence-corrected chi connectivity index (χ2v) is 6.79. The summed E-state index contributed by atoms with van der Waals surface area (Å²) < 4.78 is 5.44. The van der Waals surface area contributed by atoms with Crippen LogP contribution in [0.1, 0.15) is 39.3 Å². The van der Waals surface area contributed by atoms with Gasteiger partial charge in [0.05, 0.1) is 0 Å². The molecule has 1 aliphatic rings. The van der Waals surface area contributed by atoms with E-state index in [4.69, 9.17) is 16.3 Å². The third-order valence-corrected chi connectivity index (χ3v) is 3.53. The Labute approximate surface area is 130 Å². The monoisotopic (exact) mass is 311 g/mol. The molecule has 6 heteroatoms. The summed E-state index contributed by atoms with van der Waals surface area (Å²) in [7, 11) is 0. The van der Waals surface area contributed by atoms with Crippen LogP contribution in [-0.2, 0) is 11.2 Å². The molecule has 1 fully saturated rings. The van der Waals surface area contributed by atoms with E-state index in [0.29, 0.717) is 12.5 Å². The summed E-state index contributed by atoms with van der Waals surface area (Å²) in [5.74, 6) is 0.386. The average molecular weight is 312 g/mol. The summed E-state index contributed by atoms with van der Waals surface area (Å²) in [6, 6.07) is 1.87. The van der Waals surface area contributed by atoms with E-state index in [-0.39, 0.29) is 11.4 Å². The topological polar surface area (TPSA) is 55.3 Å². The van der Waals surface area contributed by atoms with Gasteiger partial charge in [-0.2, -0.15) is 0 Å². The highest BCUT2D eigenvalue weighted by atomic mass is 35.5. The standard InChI is InChI=1S/C15H22ClN3O2/c1-15(2,3)21-14(20)19-8-4-5-11(10-19)9-12-6-7-17-13(16)18-12/h6-7,11H,4-5,8-10H2,1-3H3/t11-/m1/s1. The van der Waals surface area contributed by atoms with Gasteiger partial charge in [-0.15, -0.1) is 0 Å². The molecule has 1 aliphatic heterocycles. The molecule has 0 aromatic carbocycles. The number of piperidine rings is 1. The first-order chi connectivity index (χ1) is 9.83. The number of likely N-dealkylation sites (tertiary alicyclic amines) is 1. The molecule has 0 aliphatic carbocycles. The van der Waals surface area contributed by atoms with Crippen LogP contribution in [0.25, 0.3) is 0 Å². The fourth-order valence-electron chi connectivity index (χ4n) is 2.50. The number of hydrogen-bond acceptors (Lipinski definition) is 4. The van der Waals surface area contributed by atoms with Crippen LogP contribution in [0, 0.1) is 5.92 Å². The second kappa shape index (κ2) is 6.60. The number of carbonyl (C=O) groups is 1. The number of hydrogen-bond donors (Lipinski definition) is 0. The van der Waals surface area contributed by atoms with E-state index in [0.717, 1.165) is 31.5 Å². The fourth-order valence-corrected chi connectivity index (χ4v) is 2.67. The molecule has 2 rings (SSSR count). The van der Waals surface area contributed by atoms with Crippen molar-refractivity contribution in [3.05, 3.63) is 23.2 Å². The molecule has 0 radical (unpaired) electrons. The van der Waals surface area contributed by atoms with Crippen LogP contribution >= 0.6 is 11.6 Å². The Bertz CT molecular complexity index is 502. The molecule has 1 atom stereocenters. The number of halogens is 1. The van der Waals surface area contributed by atoms with Crippen LogP contribution in [0.3, 0.4) is 0 Å². The predicted octanol–water partition coefficient (Wildman–Crippen LogP) is 3.32. The largest absolute Gasteiger partial charge is 0.444 e. The van der Waals surface area contributed by atoms with Gasteiger partial charge in [-0.3, -0.25) is 0 Å². The van der Waals surface area contributed by atoms with Crippen LogP contribution < -0.4 is 0 Å². The lowest BCUT2D eigenvalue weighted by Gasteiger charge is -2.34. The Morgan fingerprint density at radius 2 is 2.29 bits per heavy atom. The number of nitrogens with zero attached hydrogens (tertiary/aromatic N) is 3. The van der Waals surface area contributed by atoms with Crippen LogP contribution in [0.5, 0.6) is 0 Å². The molecular weight excluding hydrogens is 290 g/mol. The van der Waals surface area contributed by atoms with E-state index in [2.05, 4.69) is 9.97 Å². The maximum Gasteiger partial charge on any atom is 0.410 e. The third kappa shape index (κ3) is 5.16. The van der Waals surface area contributed by atoms with Crippen LogP contribution in [0.15, 0.2) is 12.3 Å². The quantitative estimate of drug-likeness (QED) is 0.786. The third-order valence-electron chi connectivity index (χ3n) is 3.35. The lowest BCUT2D eigenvalue weighted by atomic mass is 9.93. The van der Waals surface area contributed by atoms with E-state index >= 15 is 0 Å². The Kier molecular flexibility index (Phi) is 5.04. The summed E-state index contributed by atoms with van der Waals surface area (Å²) in [6.45, 7) is 7.12. The van der Waals surface area contributed by atoms with Gasteiger partial charge in [0.25, 0.3) is 0 Å². The Hall–Kier alpha value is -1.36. The van der Waals surface area contributed by atoms with Gasteiger partial charge in [0.1, 0.15) is 5.60 Å². The molecule has 1 amide bonds. The summed E-state index contributed by atoms with van der Waals surface area (Å²) >= 11 is 5.81. The first-order valence-electron chi connectivity index (χ1n) is 7.29. The number of amides is 1. The van der Waals surface area contributed by atoms with E-state index < -0.39 is 5.60 Å². The van der Waals surface area contributed by atoms with Crippen molar-refractivity contribution in [3.63, 3.8) is 0 Å². The SMILES string of the molecule is CC(C)(C)OC(=O)N1CCC[C@H](Cc2ccnc(Cl)n2)C1. The van der Waals surface area contributed by atoms with Crippen molar-refractivity contribution in [1.29, 1.82) is 0 Å². The normalized spacial score (nSPS) is 19.4. The maximum atomic E-state index is 12.1. The highest BCUT2D eigenvalue weighted by molar-refractivity contribution is 6.28. The molecule has 21 heavy (non-hydrogen) atoms. The van der Waals surface area contributed by atoms with Gasteiger partial charge in [-0.1, -0.05) is 0 Å². The van der Waals surface area contributed by atoms with Crippen molar-refractivity contribution in [2.45, 2.75) is 45.6 Å². The highest BCUT2D eigenvalue weighted by Gasteiger charge is 2.27. The minimum absolute atomic E-state index is 0.229. The van der Waals surface area contributed by atoms with E-state index in [9.17, 15) is 4.79 Å². The van der Waals surface area contributed by atoms with Gasteiger partial charge in [0, 0.05) is 25.0 Å². The van der Waals surface area contributed by atoms with E-state index in [1.165, 1.54) is 0 Å². The number of carbonyl (C=O) groups excluding carboxylic acids is 1. The maximum absolute atomic E-state index is 12.1. The zero-order valence-electron chi connectivity index (χ0n) is 12.8. The number of rotatable bonds is 2. The number of aromatic nitrogens is 2. The van der Waals surface area contributed by atoms with Gasteiger partial charge < -0.3 is 9.64 Å². The van der Waals surface area contributed by atoms with Gasteiger partial charge in [-0.25, -0.2) is 14.8 Å². The van der Waals surface area contributed by atoms with E-state index in [1.54, 1.807) is 11.1 Å². The molecule has 1 saturated heterocycles.